The Bertz CT molecular complexity index is 1230. The number of carbonyl (C=O) groups excluding carboxylic acids is 3. The minimum Gasteiger partial charge on any atom is -0.497 e. The molecule has 0 saturated heterocycles. The Morgan fingerprint density at radius 3 is 2.88 bits per heavy atom. The number of rotatable bonds is 4. The lowest BCUT2D eigenvalue weighted by molar-refractivity contribution is -0.126. The third-order valence-electron chi connectivity index (χ3n) is 6.19. The molecule has 32 heavy (non-hydrogen) atoms. The number of H-pyrrole nitrogens is 1. The van der Waals surface area contributed by atoms with Crippen LogP contribution in [0.3, 0.4) is 0 Å². The number of nitrogens with one attached hydrogen (secondary N) is 4. The van der Waals surface area contributed by atoms with Gasteiger partial charge in [-0.05, 0) is 55.2 Å². The molecule has 0 saturated carbocycles. The van der Waals surface area contributed by atoms with Gasteiger partial charge in [-0.3, -0.25) is 14.4 Å². The number of anilines is 1. The van der Waals surface area contributed by atoms with Gasteiger partial charge in [-0.25, -0.2) is 0 Å². The van der Waals surface area contributed by atoms with Gasteiger partial charge in [0.1, 0.15) is 11.8 Å². The van der Waals surface area contributed by atoms with Crippen LogP contribution in [0.15, 0.2) is 42.5 Å². The summed E-state index contributed by atoms with van der Waals surface area (Å²) >= 11 is 0. The van der Waals surface area contributed by atoms with E-state index in [4.69, 9.17) is 4.74 Å². The Kier molecular flexibility index (Phi) is 5.05. The number of benzene rings is 2. The third-order valence-corrected chi connectivity index (χ3v) is 6.19. The Morgan fingerprint density at radius 1 is 1.19 bits per heavy atom. The number of ether oxygens (including phenoxy) is 1. The second-order valence-electron chi connectivity index (χ2n) is 8.21. The van der Waals surface area contributed by atoms with Gasteiger partial charge in [-0.2, -0.15) is 0 Å². The summed E-state index contributed by atoms with van der Waals surface area (Å²) in [4.78, 5) is 41.4. The van der Waals surface area contributed by atoms with E-state index < -0.39 is 11.9 Å². The molecule has 0 spiro atoms. The maximum absolute atomic E-state index is 12.9. The van der Waals surface area contributed by atoms with E-state index in [9.17, 15) is 14.4 Å². The van der Waals surface area contributed by atoms with E-state index in [-0.39, 0.29) is 24.3 Å². The average Bonchev–Trinajstić information content (AvgIpc) is 3.12. The summed E-state index contributed by atoms with van der Waals surface area (Å²) < 4.78 is 5.36. The summed E-state index contributed by atoms with van der Waals surface area (Å²) in [7, 11) is 1.64. The molecule has 3 aromatic rings. The van der Waals surface area contributed by atoms with Crippen LogP contribution in [0, 0.1) is 0 Å². The standard InChI is InChI=1S/C24H24N4O4/c1-32-13-9-10-18-16(11-13)14-6-4-8-19(22(14)26-18)25-21(29)12-20-24(31)27-17-7-3-2-5-15(17)23(30)28-20/h2-3,5,7,9-11,19-20,26H,4,6,8,12H2,1H3,(H,25,29)(H,27,31)(H,28,30). The predicted octanol–water partition coefficient (Wildman–Crippen LogP) is 2.81. The van der Waals surface area contributed by atoms with Crippen molar-refractivity contribution in [3.05, 3.63) is 59.3 Å². The van der Waals surface area contributed by atoms with Crippen LogP contribution in [0.5, 0.6) is 5.75 Å². The molecular formula is C24H24N4O4. The Labute approximate surface area is 184 Å². The zero-order valence-corrected chi connectivity index (χ0v) is 17.7. The van der Waals surface area contributed by atoms with Crippen LogP contribution in [0.1, 0.15) is 46.9 Å². The van der Waals surface area contributed by atoms with Crippen molar-refractivity contribution in [2.24, 2.45) is 0 Å². The summed E-state index contributed by atoms with van der Waals surface area (Å²) in [5.41, 5.74) is 4.02. The van der Waals surface area contributed by atoms with Gasteiger partial charge in [0.15, 0.2) is 0 Å². The maximum Gasteiger partial charge on any atom is 0.254 e. The van der Waals surface area contributed by atoms with Gasteiger partial charge in [-0.15, -0.1) is 0 Å². The molecule has 0 radical (unpaired) electrons. The Hall–Kier alpha value is -3.81. The lowest BCUT2D eigenvalue weighted by Gasteiger charge is -2.24. The minimum absolute atomic E-state index is 0.133. The molecule has 8 heteroatoms. The fourth-order valence-corrected chi connectivity index (χ4v) is 4.61. The van der Waals surface area contributed by atoms with Crippen LogP contribution in [0.2, 0.25) is 0 Å². The number of hydrogen-bond donors (Lipinski definition) is 4. The smallest absolute Gasteiger partial charge is 0.254 e. The van der Waals surface area contributed by atoms with Crippen LogP contribution in [0.25, 0.3) is 10.9 Å². The van der Waals surface area contributed by atoms with Crippen LogP contribution in [-0.2, 0) is 16.0 Å². The van der Waals surface area contributed by atoms with Crippen molar-refractivity contribution in [3.8, 4) is 5.75 Å². The molecular weight excluding hydrogens is 408 g/mol. The summed E-state index contributed by atoms with van der Waals surface area (Å²) in [6.45, 7) is 0. The normalized spacial score (nSPS) is 19.9. The van der Waals surface area contributed by atoms with Crippen LogP contribution in [0.4, 0.5) is 5.69 Å². The van der Waals surface area contributed by atoms with E-state index in [1.807, 2.05) is 18.2 Å². The molecule has 8 nitrogen and oxygen atoms in total. The molecule has 0 fully saturated rings. The highest BCUT2D eigenvalue weighted by atomic mass is 16.5. The molecule has 3 amide bonds. The largest absolute Gasteiger partial charge is 0.497 e. The molecule has 2 aliphatic rings. The van der Waals surface area contributed by atoms with Gasteiger partial charge in [0, 0.05) is 16.6 Å². The van der Waals surface area contributed by atoms with Crippen LogP contribution < -0.4 is 20.7 Å². The maximum atomic E-state index is 12.9. The van der Waals surface area contributed by atoms with E-state index in [0.29, 0.717) is 11.3 Å². The van der Waals surface area contributed by atoms with Gasteiger partial charge in [0.25, 0.3) is 5.91 Å². The third kappa shape index (κ3) is 3.57. The first-order chi connectivity index (χ1) is 15.5. The fourth-order valence-electron chi connectivity index (χ4n) is 4.61. The first kappa shape index (κ1) is 20.1. The van der Waals surface area contributed by atoms with Gasteiger partial charge >= 0.3 is 0 Å². The number of aryl methyl sites for hydroxylation is 1. The quantitative estimate of drug-likeness (QED) is 0.508. The first-order valence-electron chi connectivity index (χ1n) is 10.7. The molecule has 2 heterocycles. The molecule has 2 atom stereocenters. The lowest BCUT2D eigenvalue weighted by atomic mass is 9.91. The molecule has 2 unspecified atom stereocenters. The number of hydrogen-bond acceptors (Lipinski definition) is 4. The van der Waals surface area contributed by atoms with Crippen molar-refractivity contribution in [2.45, 2.75) is 37.8 Å². The zero-order chi connectivity index (χ0) is 22.2. The molecule has 5 rings (SSSR count). The molecule has 164 valence electrons. The van der Waals surface area contributed by atoms with Crippen LogP contribution in [-0.4, -0.2) is 35.9 Å². The minimum atomic E-state index is -0.940. The van der Waals surface area contributed by atoms with E-state index in [1.165, 1.54) is 5.56 Å². The number of methoxy groups -OCH3 is 1. The molecule has 4 N–H and O–H groups in total. The van der Waals surface area contributed by atoms with Crippen molar-refractivity contribution in [2.75, 3.05) is 12.4 Å². The zero-order valence-electron chi connectivity index (χ0n) is 17.7. The van der Waals surface area contributed by atoms with Gasteiger partial charge < -0.3 is 25.7 Å². The first-order valence-corrected chi connectivity index (χ1v) is 10.7. The number of fused-ring (bicyclic) bond motifs is 4. The summed E-state index contributed by atoms with van der Waals surface area (Å²) in [5.74, 6) is -0.270. The van der Waals surface area contributed by atoms with Crippen molar-refractivity contribution in [1.29, 1.82) is 0 Å². The monoisotopic (exact) mass is 432 g/mol. The molecule has 1 aliphatic heterocycles. The summed E-state index contributed by atoms with van der Waals surface area (Å²) in [5, 5.41) is 9.57. The topological polar surface area (TPSA) is 112 Å². The van der Waals surface area contributed by atoms with Crippen molar-refractivity contribution in [1.82, 2.24) is 15.6 Å². The number of aromatic amines is 1. The number of aromatic nitrogens is 1. The highest BCUT2D eigenvalue weighted by Crippen LogP contribution is 2.36. The molecule has 2 aromatic carbocycles. The van der Waals surface area contributed by atoms with Crippen molar-refractivity contribution < 1.29 is 19.1 Å². The Balaban J connectivity index is 1.32. The molecule has 1 aromatic heterocycles. The molecule has 1 aliphatic carbocycles. The average molecular weight is 432 g/mol. The van der Waals surface area contributed by atoms with Crippen LogP contribution >= 0.6 is 0 Å². The number of carbonyl (C=O) groups is 3. The summed E-state index contributed by atoms with van der Waals surface area (Å²) in [6, 6.07) is 11.6. The number of para-hydroxylation sites is 1. The van der Waals surface area contributed by atoms with E-state index >= 15 is 0 Å². The lowest BCUT2D eigenvalue weighted by Crippen LogP contribution is -2.45. The highest BCUT2D eigenvalue weighted by molar-refractivity contribution is 6.10. The van der Waals surface area contributed by atoms with Crippen molar-refractivity contribution in [3.63, 3.8) is 0 Å². The second-order valence-corrected chi connectivity index (χ2v) is 8.21. The number of amides is 3. The van der Waals surface area contributed by atoms with Gasteiger partial charge in [0.05, 0.1) is 30.8 Å². The Morgan fingerprint density at radius 2 is 2.03 bits per heavy atom. The predicted molar refractivity (Wildman–Crippen MR) is 120 cm³/mol. The second kappa shape index (κ2) is 8.03. The van der Waals surface area contributed by atoms with Crippen molar-refractivity contribution >= 4 is 34.3 Å². The van der Waals surface area contributed by atoms with E-state index in [1.54, 1.807) is 31.4 Å². The highest BCUT2D eigenvalue weighted by Gasteiger charge is 2.31. The SMILES string of the molecule is COc1ccc2[nH]c3c(c2c1)CCCC3NC(=O)CC1NC(=O)c2ccccc2NC1=O. The summed E-state index contributed by atoms with van der Waals surface area (Å²) in [6.07, 6.45) is 2.54. The van der Waals surface area contributed by atoms with E-state index in [2.05, 4.69) is 20.9 Å². The van der Waals surface area contributed by atoms with Gasteiger partial charge in [0.2, 0.25) is 11.8 Å². The van der Waals surface area contributed by atoms with Gasteiger partial charge in [-0.1, -0.05) is 12.1 Å². The van der Waals surface area contributed by atoms with E-state index in [0.717, 1.165) is 41.6 Å². The molecule has 0 bridgehead atoms. The fraction of sp³-hybridized carbons (Fsp3) is 0.292.